The van der Waals surface area contributed by atoms with E-state index < -0.39 is 53.3 Å². The van der Waals surface area contributed by atoms with Crippen molar-refractivity contribution in [1.82, 2.24) is 15.1 Å². The van der Waals surface area contributed by atoms with Crippen LogP contribution < -0.4 is 10.6 Å². The molecule has 3 amide bonds. The number of anilines is 1. The Morgan fingerprint density at radius 3 is 2.28 bits per heavy atom. The number of carbonyl (C=O) groups excluding carboxylic acids is 4. The summed E-state index contributed by atoms with van der Waals surface area (Å²) in [6.07, 6.45) is 3.35. The molecule has 256 valence electrons. The highest BCUT2D eigenvalue weighted by molar-refractivity contribution is 5.97. The molecule has 0 bridgehead atoms. The van der Waals surface area contributed by atoms with Crippen molar-refractivity contribution in [2.24, 2.45) is 11.8 Å². The molecule has 1 aliphatic carbocycles. The SMILES string of the molecule is CCC(=O)N[C@@H](C(=O)N1CCN(C)CC1)[C@@H](C)c1ccc(NC(=O)[C@@H](CC(=O)C(F)(F)c2cccc(C)c2)C2CCCCC2)c(F)c1. The summed E-state index contributed by atoms with van der Waals surface area (Å²) in [5.74, 6) is -9.03. The molecule has 1 aliphatic heterocycles. The van der Waals surface area contributed by atoms with Crippen LogP contribution >= 0.6 is 0 Å². The Morgan fingerprint density at radius 1 is 0.979 bits per heavy atom. The smallest absolute Gasteiger partial charge is 0.330 e. The lowest BCUT2D eigenvalue weighted by Gasteiger charge is -2.36. The van der Waals surface area contributed by atoms with Gasteiger partial charge < -0.3 is 20.4 Å². The Morgan fingerprint density at radius 2 is 1.66 bits per heavy atom. The van der Waals surface area contributed by atoms with Gasteiger partial charge >= 0.3 is 5.92 Å². The number of nitrogens with zero attached hydrogens (tertiary/aromatic N) is 2. The number of likely N-dealkylation sites (N-methyl/N-ethyl adjacent to an activating group) is 1. The summed E-state index contributed by atoms with van der Waals surface area (Å²) in [5.41, 5.74) is 0.471. The van der Waals surface area contributed by atoms with Gasteiger partial charge in [0.2, 0.25) is 23.5 Å². The van der Waals surface area contributed by atoms with Crippen molar-refractivity contribution in [2.45, 2.75) is 83.6 Å². The average molecular weight is 657 g/mol. The first-order valence-corrected chi connectivity index (χ1v) is 16.7. The summed E-state index contributed by atoms with van der Waals surface area (Å²) in [6.45, 7) is 7.52. The molecular weight excluding hydrogens is 609 g/mol. The van der Waals surface area contributed by atoms with E-state index in [1.54, 1.807) is 37.8 Å². The molecule has 2 N–H and O–H groups in total. The topological polar surface area (TPSA) is 98.8 Å². The molecule has 47 heavy (non-hydrogen) atoms. The zero-order valence-corrected chi connectivity index (χ0v) is 27.8. The number of hydrogen-bond acceptors (Lipinski definition) is 5. The Bertz CT molecular complexity index is 1440. The Balaban J connectivity index is 1.52. The van der Waals surface area contributed by atoms with E-state index in [1.165, 1.54) is 30.3 Å². The summed E-state index contributed by atoms with van der Waals surface area (Å²) in [7, 11) is 1.97. The van der Waals surface area contributed by atoms with Crippen molar-refractivity contribution >= 4 is 29.2 Å². The van der Waals surface area contributed by atoms with Gasteiger partial charge in [-0.1, -0.05) is 62.9 Å². The molecular formula is C36H47F3N4O4. The quantitative estimate of drug-likeness (QED) is 0.301. The van der Waals surface area contributed by atoms with E-state index in [-0.39, 0.29) is 29.8 Å². The number of alkyl halides is 2. The average Bonchev–Trinajstić information content (AvgIpc) is 3.06. The standard InChI is InChI=1S/C36H47F3N4O4/c1-5-32(45)41-33(35(47)43-18-16-42(4)17-19-43)24(3)26-14-15-30(29(37)21-26)40-34(46)28(25-11-7-6-8-12-25)22-31(44)36(38,39)27-13-9-10-23(2)20-27/h9-10,13-15,20-21,24-25,28,33H,5-8,11-12,16-19,22H2,1-4H3,(H,40,46)(H,41,45)/t24-,28-,33+/m0/s1. The number of rotatable bonds is 12. The van der Waals surface area contributed by atoms with E-state index >= 15 is 13.2 Å². The maximum absolute atomic E-state index is 15.6. The lowest BCUT2D eigenvalue weighted by atomic mass is 9.76. The molecule has 2 aromatic rings. The van der Waals surface area contributed by atoms with Crippen molar-refractivity contribution < 1.29 is 32.3 Å². The highest BCUT2D eigenvalue weighted by atomic mass is 19.3. The zero-order valence-electron chi connectivity index (χ0n) is 27.8. The Hall–Kier alpha value is -3.73. The maximum atomic E-state index is 15.6. The molecule has 8 nitrogen and oxygen atoms in total. The summed E-state index contributed by atoms with van der Waals surface area (Å²) in [6, 6.07) is 8.86. The van der Waals surface area contributed by atoms with Crippen LogP contribution in [0.1, 0.15) is 81.4 Å². The van der Waals surface area contributed by atoms with Gasteiger partial charge in [0.25, 0.3) is 0 Å². The first-order chi connectivity index (χ1) is 22.3. The van der Waals surface area contributed by atoms with Crippen molar-refractivity contribution in [2.75, 3.05) is 38.5 Å². The Labute approximate surface area is 275 Å². The summed E-state index contributed by atoms with van der Waals surface area (Å²) < 4.78 is 46.2. The van der Waals surface area contributed by atoms with Gasteiger partial charge in [-0.05, 0) is 56.5 Å². The number of aryl methyl sites for hydroxylation is 1. The van der Waals surface area contributed by atoms with E-state index in [0.29, 0.717) is 50.1 Å². The highest BCUT2D eigenvalue weighted by Crippen LogP contribution is 2.38. The van der Waals surface area contributed by atoms with Gasteiger partial charge in [-0.2, -0.15) is 8.78 Å². The number of piperazine rings is 1. The minimum absolute atomic E-state index is 0.149. The molecule has 11 heteroatoms. The molecule has 0 aromatic heterocycles. The summed E-state index contributed by atoms with van der Waals surface area (Å²) >= 11 is 0. The number of carbonyl (C=O) groups is 4. The summed E-state index contributed by atoms with van der Waals surface area (Å²) in [4.78, 5) is 56.4. The molecule has 3 atom stereocenters. The monoisotopic (exact) mass is 656 g/mol. The number of nitrogens with one attached hydrogen (secondary N) is 2. The summed E-state index contributed by atoms with van der Waals surface area (Å²) in [5, 5.41) is 5.37. The van der Waals surface area contributed by atoms with Crippen LogP contribution in [0.25, 0.3) is 0 Å². The molecule has 0 unspecified atom stereocenters. The van der Waals surface area contributed by atoms with Gasteiger partial charge in [0, 0.05) is 56.4 Å². The molecule has 1 saturated carbocycles. The number of ketones is 1. The second-order valence-corrected chi connectivity index (χ2v) is 13.1. The van der Waals surface area contributed by atoms with Gasteiger partial charge in [-0.3, -0.25) is 19.2 Å². The van der Waals surface area contributed by atoms with Crippen molar-refractivity contribution in [3.8, 4) is 0 Å². The molecule has 0 radical (unpaired) electrons. The number of halogens is 3. The second-order valence-electron chi connectivity index (χ2n) is 13.1. The van der Waals surface area contributed by atoms with Gasteiger partial charge in [-0.25, -0.2) is 4.39 Å². The predicted octanol–water partition coefficient (Wildman–Crippen LogP) is 5.79. The molecule has 1 heterocycles. The minimum atomic E-state index is -3.77. The fraction of sp³-hybridized carbons (Fsp3) is 0.556. The van der Waals surface area contributed by atoms with Crippen LogP contribution in [0, 0.1) is 24.6 Å². The molecule has 2 fully saturated rings. The first kappa shape index (κ1) is 36.1. The molecule has 2 aliphatic rings. The number of amides is 3. The fourth-order valence-corrected chi connectivity index (χ4v) is 6.57. The van der Waals surface area contributed by atoms with Crippen LogP contribution in [0.5, 0.6) is 0 Å². The van der Waals surface area contributed by atoms with Crippen LogP contribution in [0.15, 0.2) is 42.5 Å². The predicted molar refractivity (Wildman–Crippen MR) is 175 cm³/mol. The van der Waals surface area contributed by atoms with Crippen LogP contribution in [0.4, 0.5) is 18.9 Å². The lowest BCUT2D eigenvalue weighted by molar-refractivity contribution is -0.147. The fourth-order valence-electron chi connectivity index (χ4n) is 6.57. The number of hydrogen-bond donors (Lipinski definition) is 2. The van der Waals surface area contributed by atoms with Crippen molar-refractivity contribution in [1.29, 1.82) is 0 Å². The third kappa shape index (κ3) is 9.00. The molecule has 1 saturated heterocycles. The van der Waals surface area contributed by atoms with Gasteiger partial charge in [0.05, 0.1) is 5.69 Å². The van der Waals surface area contributed by atoms with E-state index in [0.717, 1.165) is 19.3 Å². The normalized spacial score (nSPS) is 18.2. The molecule has 0 spiro atoms. The van der Waals surface area contributed by atoms with E-state index in [1.807, 2.05) is 7.05 Å². The van der Waals surface area contributed by atoms with Gasteiger partial charge in [-0.15, -0.1) is 0 Å². The molecule has 2 aromatic carbocycles. The van der Waals surface area contributed by atoms with Crippen LogP contribution in [0.2, 0.25) is 0 Å². The molecule has 4 rings (SSSR count). The Kier molecular flexibility index (Phi) is 12.2. The van der Waals surface area contributed by atoms with Crippen LogP contribution in [-0.4, -0.2) is 72.6 Å². The third-order valence-corrected chi connectivity index (χ3v) is 9.69. The number of benzene rings is 2. The van der Waals surface area contributed by atoms with Crippen LogP contribution in [0.3, 0.4) is 0 Å². The van der Waals surface area contributed by atoms with Crippen LogP contribution in [-0.2, 0) is 25.1 Å². The maximum Gasteiger partial charge on any atom is 0.330 e. The second kappa shape index (κ2) is 15.9. The van der Waals surface area contributed by atoms with Crippen molar-refractivity contribution in [3.05, 3.63) is 65.0 Å². The van der Waals surface area contributed by atoms with Gasteiger partial charge in [0.1, 0.15) is 11.9 Å². The van der Waals surface area contributed by atoms with Crippen molar-refractivity contribution in [3.63, 3.8) is 0 Å². The van der Waals surface area contributed by atoms with Gasteiger partial charge in [0.15, 0.2) is 0 Å². The van der Waals surface area contributed by atoms with E-state index in [2.05, 4.69) is 15.5 Å². The largest absolute Gasteiger partial charge is 0.344 e. The van der Waals surface area contributed by atoms with E-state index in [4.69, 9.17) is 0 Å². The number of Topliss-reactive ketones (excluding diaryl/α,β-unsaturated/α-hetero) is 1. The zero-order chi connectivity index (χ0) is 34.3. The van der Waals surface area contributed by atoms with E-state index in [9.17, 15) is 19.2 Å². The first-order valence-electron chi connectivity index (χ1n) is 16.7. The highest BCUT2D eigenvalue weighted by Gasteiger charge is 2.44. The minimum Gasteiger partial charge on any atom is -0.344 e. The lowest BCUT2D eigenvalue weighted by Crippen LogP contribution is -2.55. The third-order valence-electron chi connectivity index (χ3n) is 9.69.